The maximum absolute atomic E-state index is 13.9. The monoisotopic (exact) mass is 591 g/mol. The van der Waals surface area contributed by atoms with E-state index in [1.807, 2.05) is 23.1 Å². The van der Waals surface area contributed by atoms with Gasteiger partial charge in [0.1, 0.15) is 0 Å². The second kappa shape index (κ2) is 14.8. The molecule has 0 radical (unpaired) electrons. The first kappa shape index (κ1) is 30.3. The molecular formula is C33H42ClN5O3. The van der Waals surface area contributed by atoms with Gasteiger partial charge in [-0.2, -0.15) is 0 Å². The number of benzene rings is 2. The smallest absolute Gasteiger partial charge is 0.273 e. The summed E-state index contributed by atoms with van der Waals surface area (Å²) in [6, 6.07) is 19.0. The minimum absolute atomic E-state index is 0.0336. The van der Waals surface area contributed by atoms with Gasteiger partial charge in [-0.05, 0) is 75.0 Å². The van der Waals surface area contributed by atoms with E-state index in [1.54, 1.807) is 18.2 Å². The number of nitrogens with zero attached hydrogens (tertiary/aromatic N) is 3. The van der Waals surface area contributed by atoms with E-state index in [-0.39, 0.29) is 35.5 Å². The van der Waals surface area contributed by atoms with Crippen molar-refractivity contribution in [2.45, 2.75) is 63.5 Å². The van der Waals surface area contributed by atoms with Crippen LogP contribution in [-0.4, -0.2) is 78.1 Å². The average molecular weight is 592 g/mol. The molecule has 2 aliphatic heterocycles. The number of carbonyl (C=O) groups excluding carboxylic acids is 2. The molecule has 0 aliphatic carbocycles. The van der Waals surface area contributed by atoms with Gasteiger partial charge >= 0.3 is 0 Å². The Morgan fingerprint density at radius 2 is 1.86 bits per heavy atom. The van der Waals surface area contributed by atoms with Crippen molar-refractivity contribution >= 4 is 23.4 Å². The third-order valence-corrected chi connectivity index (χ3v) is 8.81. The van der Waals surface area contributed by atoms with E-state index >= 15 is 0 Å². The molecule has 42 heavy (non-hydrogen) atoms. The molecule has 3 heterocycles. The van der Waals surface area contributed by atoms with E-state index in [1.165, 1.54) is 24.8 Å². The van der Waals surface area contributed by atoms with Crippen LogP contribution in [0.1, 0.15) is 67.4 Å². The van der Waals surface area contributed by atoms with Crippen molar-refractivity contribution in [3.05, 3.63) is 76.9 Å². The van der Waals surface area contributed by atoms with Crippen molar-refractivity contribution in [1.29, 1.82) is 0 Å². The molecule has 8 nitrogen and oxygen atoms in total. The fraction of sp³-hybridized carbons (Fsp3) is 0.485. The van der Waals surface area contributed by atoms with E-state index in [2.05, 4.69) is 51.9 Å². The minimum atomic E-state index is -0.298. The first-order valence-electron chi connectivity index (χ1n) is 15.3. The second-order valence-electron chi connectivity index (χ2n) is 11.5. The lowest BCUT2D eigenvalue weighted by Crippen LogP contribution is -2.50. The van der Waals surface area contributed by atoms with Gasteiger partial charge in [-0.25, -0.2) is 0 Å². The van der Waals surface area contributed by atoms with Crippen molar-refractivity contribution in [2.75, 3.05) is 39.3 Å². The number of likely N-dealkylation sites (tertiary alicyclic amines) is 1. The lowest BCUT2D eigenvalue weighted by Gasteiger charge is -2.31. The van der Waals surface area contributed by atoms with E-state index in [0.717, 1.165) is 44.5 Å². The number of piperidine rings is 1. The van der Waals surface area contributed by atoms with Gasteiger partial charge in [0.25, 0.3) is 5.91 Å². The summed E-state index contributed by atoms with van der Waals surface area (Å²) in [6.45, 7) is 7.05. The van der Waals surface area contributed by atoms with Crippen molar-refractivity contribution in [3.8, 4) is 11.3 Å². The summed E-state index contributed by atoms with van der Waals surface area (Å²) in [5.74, 6) is 0.663. The van der Waals surface area contributed by atoms with Crippen molar-refractivity contribution in [3.63, 3.8) is 0 Å². The first-order valence-corrected chi connectivity index (χ1v) is 15.7. The summed E-state index contributed by atoms with van der Waals surface area (Å²) in [5, 5.41) is 11.2. The summed E-state index contributed by atoms with van der Waals surface area (Å²) < 4.78 is 5.42. The Morgan fingerprint density at radius 3 is 2.60 bits per heavy atom. The predicted octanol–water partition coefficient (Wildman–Crippen LogP) is 5.35. The highest BCUT2D eigenvalue weighted by atomic mass is 35.5. The molecule has 2 saturated heterocycles. The molecule has 0 saturated carbocycles. The van der Waals surface area contributed by atoms with Crippen LogP contribution in [0, 0.1) is 0 Å². The molecule has 0 bridgehead atoms. The SMILES string of the molecule is CC[C@H](CN1CC[C@@H](CNC(=O)c2cc(-c3ccc(Cl)cc3)on2)N[C@@H](CCN2CCCCC2)C1=O)c1ccccc1. The largest absolute Gasteiger partial charge is 0.355 e. The van der Waals surface area contributed by atoms with E-state index in [9.17, 15) is 9.59 Å². The zero-order chi connectivity index (χ0) is 29.3. The van der Waals surface area contributed by atoms with Crippen LogP contribution in [0.2, 0.25) is 5.02 Å². The van der Waals surface area contributed by atoms with Crippen molar-refractivity contribution in [2.24, 2.45) is 0 Å². The molecule has 3 aromatic rings. The van der Waals surface area contributed by atoms with Crippen molar-refractivity contribution in [1.82, 2.24) is 25.6 Å². The fourth-order valence-electron chi connectivity index (χ4n) is 6.03. The number of rotatable bonds is 11. The Balaban J connectivity index is 1.23. The van der Waals surface area contributed by atoms with Crippen LogP contribution in [0.4, 0.5) is 0 Å². The van der Waals surface area contributed by atoms with E-state index < -0.39 is 0 Å². The number of amides is 2. The molecule has 2 aromatic carbocycles. The third-order valence-electron chi connectivity index (χ3n) is 8.56. The van der Waals surface area contributed by atoms with Crippen LogP contribution in [-0.2, 0) is 4.79 Å². The maximum Gasteiger partial charge on any atom is 0.273 e. The van der Waals surface area contributed by atoms with Crippen LogP contribution < -0.4 is 10.6 Å². The normalized spacial score (nSPS) is 20.7. The number of aromatic nitrogens is 1. The summed E-state index contributed by atoms with van der Waals surface area (Å²) in [4.78, 5) is 31.4. The van der Waals surface area contributed by atoms with Gasteiger partial charge in [-0.1, -0.05) is 60.4 Å². The first-order chi connectivity index (χ1) is 20.5. The van der Waals surface area contributed by atoms with Gasteiger partial charge in [0.05, 0.1) is 6.04 Å². The second-order valence-corrected chi connectivity index (χ2v) is 11.9. The van der Waals surface area contributed by atoms with Gasteiger partial charge in [0.2, 0.25) is 5.91 Å². The number of nitrogens with one attached hydrogen (secondary N) is 2. The molecule has 9 heteroatoms. The van der Waals surface area contributed by atoms with E-state index in [0.29, 0.717) is 30.4 Å². The topological polar surface area (TPSA) is 90.7 Å². The number of carbonyl (C=O) groups is 2. The Kier molecular flexibility index (Phi) is 10.7. The summed E-state index contributed by atoms with van der Waals surface area (Å²) in [5.41, 5.74) is 2.29. The standard InChI is InChI=1S/C33H42ClN5O3/c1-2-24(25-9-5-3-6-10-25)23-39-20-15-28(36-29(33(39)41)16-19-38-17-7-4-8-18-38)22-35-32(40)30-21-31(42-37-30)26-11-13-27(34)14-12-26/h3,5-6,9-14,21,24,28-29,36H,2,4,7-8,15-20,22-23H2,1H3,(H,35,40)/t24-,28+,29+/m1/s1. The van der Waals surface area contributed by atoms with Crippen LogP contribution >= 0.6 is 11.6 Å². The molecule has 0 spiro atoms. The molecule has 2 aliphatic rings. The minimum Gasteiger partial charge on any atom is -0.355 e. The van der Waals surface area contributed by atoms with Gasteiger partial charge in [-0.15, -0.1) is 0 Å². The number of halogens is 1. The summed E-state index contributed by atoms with van der Waals surface area (Å²) in [6.07, 6.45) is 6.22. The molecule has 3 atom stereocenters. The number of hydrogen-bond donors (Lipinski definition) is 2. The van der Waals surface area contributed by atoms with Crippen molar-refractivity contribution < 1.29 is 14.1 Å². The van der Waals surface area contributed by atoms with Crippen LogP contribution in [0.15, 0.2) is 65.2 Å². The Hall–Kier alpha value is -3.20. The highest BCUT2D eigenvalue weighted by Crippen LogP contribution is 2.24. The Bertz CT molecular complexity index is 1290. The lowest BCUT2D eigenvalue weighted by molar-refractivity contribution is -0.133. The molecule has 224 valence electrons. The van der Waals surface area contributed by atoms with Crippen LogP contribution in [0.25, 0.3) is 11.3 Å². The molecule has 2 amide bonds. The quantitative estimate of drug-likeness (QED) is 0.312. The molecular weight excluding hydrogens is 550 g/mol. The summed E-state index contributed by atoms with van der Waals surface area (Å²) in [7, 11) is 0. The lowest BCUT2D eigenvalue weighted by atomic mass is 9.95. The van der Waals surface area contributed by atoms with Crippen LogP contribution in [0.3, 0.4) is 0 Å². The highest BCUT2D eigenvalue weighted by molar-refractivity contribution is 6.30. The highest BCUT2D eigenvalue weighted by Gasteiger charge is 2.32. The van der Waals surface area contributed by atoms with Gasteiger partial charge < -0.3 is 25.0 Å². The Morgan fingerprint density at radius 1 is 1.10 bits per heavy atom. The van der Waals surface area contributed by atoms with E-state index in [4.69, 9.17) is 16.1 Å². The summed E-state index contributed by atoms with van der Waals surface area (Å²) >= 11 is 5.99. The molecule has 2 fully saturated rings. The fourth-order valence-corrected chi connectivity index (χ4v) is 6.15. The Labute approximate surface area is 253 Å². The third kappa shape index (κ3) is 8.00. The van der Waals surface area contributed by atoms with Gasteiger partial charge in [0, 0.05) is 54.8 Å². The molecule has 2 N–H and O–H groups in total. The predicted molar refractivity (Wildman–Crippen MR) is 166 cm³/mol. The zero-order valence-corrected chi connectivity index (χ0v) is 25.2. The van der Waals surface area contributed by atoms with Gasteiger partial charge in [-0.3, -0.25) is 9.59 Å². The molecule has 5 rings (SSSR count). The van der Waals surface area contributed by atoms with Gasteiger partial charge in [0.15, 0.2) is 11.5 Å². The van der Waals surface area contributed by atoms with Crippen LogP contribution in [0.5, 0.6) is 0 Å². The number of hydrogen-bond acceptors (Lipinski definition) is 6. The zero-order valence-electron chi connectivity index (χ0n) is 24.4. The molecule has 0 unspecified atom stereocenters. The average Bonchev–Trinajstić information content (AvgIpc) is 3.47. The molecule has 1 aromatic heterocycles. The maximum atomic E-state index is 13.9.